The molecule has 2 aliphatic heterocycles. The Kier molecular flexibility index (Phi) is 3.72. The quantitative estimate of drug-likeness (QED) is 0.764. The van der Waals surface area contributed by atoms with Gasteiger partial charge in [0.15, 0.2) is 11.5 Å². The van der Waals surface area contributed by atoms with Crippen molar-refractivity contribution in [2.75, 3.05) is 20.8 Å². The van der Waals surface area contributed by atoms with E-state index in [9.17, 15) is 9.59 Å². The van der Waals surface area contributed by atoms with Gasteiger partial charge in [-0.05, 0) is 6.42 Å². The number of benzene rings is 1. The van der Waals surface area contributed by atoms with Gasteiger partial charge in [0.05, 0.1) is 20.1 Å². The van der Waals surface area contributed by atoms with Crippen LogP contribution in [0.2, 0.25) is 5.02 Å². The SMILES string of the molecule is COc1cc(OC)c2c(c1Cl)O[C@]1(C2=O)C(=O)C2CNNC2C[C@H]1C. The van der Waals surface area contributed by atoms with Crippen molar-refractivity contribution in [3.8, 4) is 17.2 Å². The third kappa shape index (κ3) is 2.00. The van der Waals surface area contributed by atoms with E-state index in [4.69, 9.17) is 25.8 Å². The fourth-order valence-electron chi connectivity index (χ4n) is 4.19. The summed E-state index contributed by atoms with van der Waals surface area (Å²) in [7, 11) is 2.92. The number of carbonyl (C=O) groups excluding carboxylic acids is 2. The molecule has 4 atom stereocenters. The van der Waals surface area contributed by atoms with Crippen LogP contribution in [0.3, 0.4) is 0 Å². The summed E-state index contributed by atoms with van der Waals surface area (Å²) in [6.07, 6.45) is 0.639. The van der Waals surface area contributed by atoms with Crippen LogP contribution in [-0.4, -0.2) is 44.0 Å². The molecule has 0 radical (unpaired) electrons. The molecule has 0 aromatic heterocycles. The van der Waals surface area contributed by atoms with Crippen LogP contribution in [0, 0.1) is 11.8 Å². The van der Waals surface area contributed by atoms with E-state index >= 15 is 0 Å². The van der Waals surface area contributed by atoms with Gasteiger partial charge in [-0.15, -0.1) is 0 Å². The topological polar surface area (TPSA) is 85.9 Å². The molecule has 3 aliphatic rings. The zero-order chi connectivity index (χ0) is 17.9. The van der Waals surface area contributed by atoms with Crippen LogP contribution < -0.4 is 25.1 Å². The lowest BCUT2D eigenvalue weighted by Gasteiger charge is -2.40. The second-order valence-electron chi connectivity index (χ2n) is 6.71. The number of hydrogen-bond donors (Lipinski definition) is 2. The first-order valence-corrected chi connectivity index (χ1v) is 8.54. The molecule has 7 nitrogen and oxygen atoms in total. The molecule has 1 aliphatic carbocycles. The zero-order valence-electron chi connectivity index (χ0n) is 14.1. The number of fused-ring (bicyclic) bond motifs is 2. The standard InChI is InChI=1S/C17H19ClN2O5/c1-7-4-9-8(6-19-20-9)15(21)17(7)16(22)12-10(23-2)5-11(24-3)13(18)14(12)25-17/h5,7-9,19-20H,4,6H2,1-3H3/t7-,8?,9?,17+/m1/s1. The Labute approximate surface area is 149 Å². The van der Waals surface area contributed by atoms with E-state index in [-0.39, 0.29) is 45.8 Å². The molecule has 0 bridgehead atoms. The van der Waals surface area contributed by atoms with Crippen LogP contribution in [-0.2, 0) is 4.79 Å². The van der Waals surface area contributed by atoms with Gasteiger partial charge in [0.2, 0.25) is 11.4 Å². The van der Waals surface area contributed by atoms with E-state index in [1.54, 1.807) is 6.07 Å². The van der Waals surface area contributed by atoms with Gasteiger partial charge >= 0.3 is 0 Å². The molecule has 4 rings (SSSR count). The van der Waals surface area contributed by atoms with Crippen LogP contribution >= 0.6 is 11.6 Å². The first-order valence-electron chi connectivity index (χ1n) is 8.16. The monoisotopic (exact) mass is 366 g/mol. The molecule has 2 N–H and O–H groups in total. The Morgan fingerprint density at radius 1 is 1.28 bits per heavy atom. The van der Waals surface area contributed by atoms with Crippen molar-refractivity contribution in [3.05, 3.63) is 16.7 Å². The third-order valence-corrected chi connectivity index (χ3v) is 5.88. The molecule has 25 heavy (non-hydrogen) atoms. The minimum atomic E-state index is -1.56. The Morgan fingerprint density at radius 3 is 2.68 bits per heavy atom. The predicted molar refractivity (Wildman–Crippen MR) is 89.4 cm³/mol. The van der Waals surface area contributed by atoms with Crippen LogP contribution in [0.1, 0.15) is 23.7 Å². The maximum atomic E-state index is 13.3. The molecule has 2 heterocycles. The number of hydrogen-bond acceptors (Lipinski definition) is 7. The zero-order valence-corrected chi connectivity index (χ0v) is 14.9. The largest absolute Gasteiger partial charge is 0.496 e. The lowest BCUT2D eigenvalue weighted by molar-refractivity contribution is -0.141. The van der Waals surface area contributed by atoms with E-state index in [1.165, 1.54) is 14.2 Å². The number of nitrogens with one attached hydrogen (secondary N) is 2. The maximum absolute atomic E-state index is 13.3. The lowest BCUT2D eigenvalue weighted by Crippen LogP contribution is -2.62. The fraction of sp³-hybridized carbons (Fsp3) is 0.529. The van der Waals surface area contributed by atoms with Crippen molar-refractivity contribution in [2.45, 2.75) is 25.0 Å². The molecular weight excluding hydrogens is 348 g/mol. The average molecular weight is 367 g/mol. The summed E-state index contributed by atoms with van der Waals surface area (Å²) in [5, 5.41) is 0.174. The highest BCUT2D eigenvalue weighted by Crippen LogP contribution is 2.53. The number of halogens is 1. The van der Waals surface area contributed by atoms with Gasteiger partial charge in [0.1, 0.15) is 22.1 Å². The van der Waals surface area contributed by atoms with Gasteiger partial charge in [-0.25, -0.2) is 0 Å². The summed E-state index contributed by atoms with van der Waals surface area (Å²) in [6, 6.07) is 1.54. The molecule has 1 spiro atoms. The number of hydrazine groups is 1. The Balaban J connectivity index is 1.87. The first kappa shape index (κ1) is 16.6. The summed E-state index contributed by atoms with van der Waals surface area (Å²) < 4.78 is 16.6. The molecule has 8 heteroatoms. The van der Waals surface area contributed by atoms with E-state index in [2.05, 4.69) is 10.9 Å². The van der Waals surface area contributed by atoms with E-state index in [0.29, 0.717) is 24.5 Å². The Morgan fingerprint density at radius 2 is 2.00 bits per heavy atom. The van der Waals surface area contributed by atoms with Gasteiger partial charge < -0.3 is 14.2 Å². The molecular formula is C17H19ClN2O5. The molecule has 1 saturated heterocycles. The van der Waals surface area contributed by atoms with E-state index < -0.39 is 5.60 Å². The third-order valence-electron chi connectivity index (χ3n) is 5.52. The molecule has 134 valence electrons. The number of carbonyl (C=O) groups is 2. The van der Waals surface area contributed by atoms with Gasteiger partial charge in [-0.1, -0.05) is 18.5 Å². The first-order chi connectivity index (χ1) is 12.0. The molecule has 1 aromatic rings. The minimum absolute atomic E-state index is 0.000130. The summed E-state index contributed by atoms with van der Waals surface area (Å²) in [6.45, 7) is 2.33. The van der Waals surface area contributed by atoms with Gasteiger partial charge in [0.25, 0.3) is 0 Å². The number of ketones is 2. The van der Waals surface area contributed by atoms with Gasteiger partial charge in [0, 0.05) is 24.6 Å². The van der Waals surface area contributed by atoms with Gasteiger partial charge in [-0.2, -0.15) is 0 Å². The second-order valence-corrected chi connectivity index (χ2v) is 7.08. The smallest absolute Gasteiger partial charge is 0.232 e. The molecule has 1 aromatic carbocycles. The molecule has 2 fully saturated rings. The number of ether oxygens (including phenoxy) is 3. The van der Waals surface area contributed by atoms with Crippen molar-refractivity contribution in [3.63, 3.8) is 0 Å². The Bertz CT molecular complexity index is 783. The second kappa shape index (κ2) is 5.59. The summed E-state index contributed by atoms with van der Waals surface area (Å²) >= 11 is 6.36. The van der Waals surface area contributed by atoms with Crippen molar-refractivity contribution in [2.24, 2.45) is 11.8 Å². The highest BCUT2D eigenvalue weighted by Gasteiger charge is 2.64. The van der Waals surface area contributed by atoms with Crippen LogP contribution in [0.4, 0.5) is 0 Å². The molecule has 2 unspecified atom stereocenters. The molecule has 1 saturated carbocycles. The number of rotatable bonds is 2. The van der Waals surface area contributed by atoms with Crippen molar-refractivity contribution < 1.29 is 23.8 Å². The average Bonchev–Trinajstić information content (AvgIpc) is 3.18. The summed E-state index contributed by atoms with van der Waals surface area (Å²) in [4.78, 5) is 26.6. The predicted octanol–water partition coefficient (Wildman–Crippen LogP) is 1.37. The number of methoxy groups -OCH3 is 2. The lowest BCUT2D eigenvalue weighted by atomic mass is 9.66. The van der Waals surface area contributed by atoms with Crippen LogP contribution in [0.25, 0.3) is 0 Å². The Hall–Kier alpha value is -1.83. The number of Topliss-reactive ketones (excluding diaryl/α,β-unsaturated/α-hetero) is 2. The van der Waals surface area contributed by atoms with Crippen molar-refractivity contribution >= 4 is 23.2 Å². The maximum Gasteiger partial charge on any atom is 0.232 e. The van der Waals surface area contributed by atoms with Crippen LogP contribution in [0.5, 0.6) is 17.2 Å². The van der Waals surface area contributed by atoms with E-state index in [1.807, 2.05) is 6.92 Å². The van der Waals surface area contributed by atoms with Crippen LogP contribution in [0.15, 0.2) is 6.07 Å². The minimum Gasteiger partial charge on any atom is -0.496 e. The highest BCUT2D eigenvalue weighted by molar-refractivity contribution is 6.36. The van der Waals surface area contributed by atoms with Gasteiger partial charge in [-0.3, -0.25) is 20.4 Å². The van der Waals surface area contributed by atoms with E-state index in [0.717, 1.165) is 0 Å². The van der Waals surface area contributed by atoms with Crippen molar-refractivity contribution in [1.82, 2.24) is 10.9 Å². The van der Waals surface area contributed by atoms with Crippen molar-refractivity contribution in [1.29, 1.82) is 0 Å². The highest BCUT2D eigenvalue weighted by atomic mass is 35.5. The summed E-state index contributed by atoms with van der Waals surface area (Å²) in [5.41, 5.74) is 4.77. The normalized spacial score (nSPS) is 33.2. The molecule has 0 amide bonds. The fourth-order valence-corrected chi connectivity index (χ4v) is 4.46. The summed E-state index contributed by atoms with van der Waals surface area (Å²) in [5.74, 6) is -0.427.